The largest absolute Gasteiger partial charge is 0.325 e. The van der Waals surface area contributed by atoms with Gasteiger partial charge in [0.2, 0.25) is 5.91 Å². The van der Waals surface area contributed by atoms with Gasteiger partial charge in [0, 0.05) is 28.7 Å². The molecule has 1 N–H and O–H groups in total. The average molecular weight is 385 g/mol. The first kappa shape index (κ1) is 18.4. The van der Waals surface area contributed by atoms with Crippen molar-refractivity contribution in [1.29, 1.82) is 0 Å². The molecule has 7 heteroatoms. The van der Waals surface area contributed by atoms with Crippen LogP contribution in [0.15, 0.2) is 53.8 Å². The van der Waals surface area contributed by atoms with E-state index in [9.17, 15) is 4.79 Å². The number of carbonyl (C=O) groups excluding carboxylic acids is 1. The number of thioether (sulfide) groups is 1. The highest BCUT2D eigenvalue weighted by Gasteiger charge is 2.09. The maximum Gasteiger partial charge on any atom is 0.234 e. The van der Waals surface area contributed by atoms with Crippen LogP contribution in [-0.4, -0.2) is 26.6 Å². The smallest absolute Gasteiger partial charge is 0.234 e. The van der Waals surface area contributed by atoms with Crippen LogP contribution in [-0.2, 0) is 4.79 Å². The maximum atomic E-state index is 12.3. The van der Waals surface area contributed by atoms with Crippen molar-refractivity contribution in [2.75, 3.05) is 11.1 Å². The number of aryl methyl sites for hydroxylation is 2. The zero-order valence-corrected chi connectivity index (χ0v) is 15.9. The Balaban J connectivity index is 1.68. The molecule has 0 spiro atoms. The van der Waals surface area contributed by atoms with Crippen LogP contribution in [0.2, 0.25) is 5.02 Å². The third kappa shape index (κ3) is 4.80. The van der Waals surface area contributed by atoms with E-state index in [0.29, 0.717) is 10.8 Å². The highest BCUT2D eigenvalue weighted by molar-refractivity contribution is 7.99. The van der Waals surface area contributed by atoms with Crippen molar-refractivity contribution in [1.82, 2.24) is 15.0 Å². The Morgan fingerprint density at radius 1 is 1.12 bits per heavy atom. The molecule has 5 nitrogen and oxygen atoms in total. The Morgan fingerprint density at radius 2 is 1.88 bits per heavy atom. The second kappa shape index (κ2) is 8.29. The van der Waals surface area contributed by atoms with E-state index in [1.165, 1.54) is 11.8 Å². The lowest BCUT2D eigenvalue weighted by Gasteiger charge is -2.09. The van der Waals surface area contributed by atoms with Gasteiger partial charge in [-0.3, -0.25) is 9.78 Å². The second-order valence-corrected chi connectivity index (χ2v) is 7.10. The number of pyridine rings is 1. The van der Waals surface area contributed by atoms with E-state index in [0.717, 1.165) is 27.5 Å². The van der Waals surface area contributed by atoms with Gasteiger partial charge >= 0.3 is 0 Å². The monoisotopic (exact) mass is 384 g/mol. The topological polar surface area (TPSA) is 67.8 Å². The number of nitrogens with zero attached hydrogens (tertiary/aromatic N) is 3. The second-order valence-electron chi connectivity index (χ2n) is 5.67. The SMILES string of the molecule is Cc1nc(SCC(=O)Nc2cc(Cl)ccc2C)cc(-c2ccncc2)n1. The lowest BCUT2D eigenvalue weighted by molar-refractivity contribution is -0.113. The number of anilines is 1. The molecule has 132 valence electrons. The molecule has 0 aliphatic rings. The summed E-state index contributed by atoms with van der Waals surface area (Å²) in [5.41, 5.74) is 3.46. The summed E-state index contributed by atoms with van der Waals surface area (Å²) in [5, 5.41) is 4.23. The maximum absolute atomic E-state index is 12.3. The first-order chi connectivity index (χ1) is 12.5. The molecule has 0 atom stereocenters. The van der Waals surface area contributed by atoms with Crippen LogP contribution >= 0.6 is 23.4 Å². The standard InChI is InChI=1S/C19H17ClN4OS/c1-12-3-4-15(20)9-16(12)24-18(25)11-26-19-10-17(22-13(2)23-19)14-5-7-21-8-6-14/h3-10H,11H2,1-2H3,(H,24,25). The number of rotatable bonds is 5. The number of amides is 1. The van der Waals surface area contributed by atoms with Crippen LogP contribution in [0.3, 0.4) is 0 Å². The van der Waals surface area contributed by atoms with E-state index in [2.05, 4.69) is 20.3 Å². The molecule has 1 amide bonds. The summed E-state index contributed by atoms with van der Waals surface area (Å²) >= 11 is 7.36. The molecule has 0 bridgehead atoms. The van der Waals surface area contributed by atoms with Gasteiger partial charge in [0.15, 0.2) is 0 Å². The average Bonchev–Trinajstić information content (AvgIpc) is 2.63. The Hall–Kier alpha value is -2.44. The molecule has 0 saturated carbocycles. The quantitative estimate of drug-likeness (QED) is 0.516. The Labute approximate surface area is 161 Å². The van der Waals surface area contributed by atoms with E-state index in [1.54, 1.807) is 24.5 Å². The molecule has 1 aromatic carbocycles. The Kier molecular flexibility index (Phi) is 5.85. The summed E-state index contributed by atoms with van der Waals surface area (Å²) in [5.74, 6) is 0.799. The van der Waals surface area contributed by atoms with Gasteiger partial charge < -0.3 is 5.32 Å². The van der Waals surface area contributed by atoms with Gasteiger partial charge in [-0.15, -0.1) is 0 Å². The predicted octanol–water partition coefficient (Wildman–Crippen LogP) is 4.54. The van der Waals surface area contributed by atoms with E-state index in [4.69, 9.17) is 11.6 Å². The molecule has 2 aromatic heterocycles. The summed E-state index contributed by atoms with van der Waals surface area (Å²) < 4.78 is 0. The van der Waals surface area contributed by atoms with Crippen molar-refractivity contribution in [3.63, 3.8) is 0 Å². The van der Waals surface area contributed by atoms with Crippen LogP contribution in [0, 0.1) is 13.8 Å². The molecular weight excluding hydrogens is 368 g/mol. The fourth-order valence-electron chi connectivity index (χ4n) is 2.34. The molecule has 0 saturated heterocycles. The lowest BCUT2D eigenvalue weighted by Crippen LogP contribution is -2.15. The molecule has 3 rings (SSSR count). The van der Waals surface area contributed by atoms with E-state index in [-0.39, 0.29) is 11.7 Å². The molecule has 0 fully saturated rings. The number of hydrogen-bond donors (Lipinski definition) is 1. The van der Waals surface area contributed by atoms with Crippen molar-refractivity contribution >= 4 is 35.0 Å². The third-order valence-corrected chi connectivity index (χ3v) is 4.76. The number of hydrogen-bond acceptors (Lipinski definition) is 5. The summed E-state index contributed by atoms with van der Waals surface area (Å²) in [7, 11) is 0. The molecule has 3 aromatic rings. The minimum atomic E-state index is -0.109. The van der Waals surface area contributed by atoms with Crippen LogP contribution in [0.4, 0.5) is 5.69 Å². The lowest BCUT2D eigenvalue weighted by atomic mass is 10.2. The number of carbonyl (C=O) groups is 1. The Morgan fingerprint density at radius 3 is 2.65 bits per heavy atom. The molecule has 2 heterocycles. The van der Waals surface area contributed by atoms with Crippen molar-refractivity contribution < 1.29 is 4.79 Å². The molecule has 0 unspecified atom stereocenters. The summed E-state index contributed by atoms with van der Waals surface area (Å²) in [4.78, 5) is 25.1. The fraction of sp³-hybridized carbons (Fsp3) is 0.158. The minimum absolute atomic E-state index is 0.109. The van der Waals surface area contributed by atoms with Gasteiger partial charge in [-0.2, -0.15) is 0 Å². The summed E-state index contributed by atoms with van der Waals surface area (Å²) in [6, 6.07) is 11.1. The van der Waals surface area contributed by atoms with Gasteiger partial charge in [-0.05, 0) is 49.7 Å². The summed E-state index contributed by atoms with van der Waals surface area (Å²) in [6.45, 7) is 3.76. The first-order valence-electron chi connectivity index (χ1n) is 7.96. The van der Waals surface area contributed by atoms with E-state index >= 15 is 0 Å². The van der Waals surface area contributed by atoms with Crippen molar-refractivity contribution in [2.24, 2.45) is 0 Å². The van der Waals surface area contributed by atoms with Gasteiger partial charge in [0.25, 0.3) is 0 Å². The van der Waals surface area contributed by atoms with Gasteiger partial charge in [-0.1, -0.05) is 29.4 Å². The highest BCUT2D eigenvalue weighted by Crippen LogP contribution is 2.24. The molecule has 0 radical (unpaired) electrons. The summed E-state index contributed by atoms with van der Waals surface area (Å²) in [6.07, 6.45) is 3.45. The number of halogens is 1. The molecule has 26 heavy (non-hydrogen) atoms. The molecule has 0 aliphatic carbocycles. The Bertz CT molecular complexity index is 934. The van der Waals surface area contributed by atoms with Crippen LogP contribution in [0.25, 0.3) is 11.3 Å². The minimum Gasteiger partial charge on any atom is -0.325 e. The molecular formula is C19H17ClN4OS. The normalized spacial score (nSPS) is 10.6. The number of benzene rings is 1. The van der Waals surface area contributed by atoms with Crippen LogP contribution in [0.5, 0.6) is 0 Å². The predicted molar refractivity (Wildman–Crippen MR) is 106 cm³/mol. The van der Waals surface area contributed by atoms with E-state index < -0.39 is 0 Å². The zero-order valence-electron chi connectivity index (χ0n) is 14.4. The zero-order chi connectivity index (χ0) is 18.5. The third-order valence-electron chi connectivity index (χ3n) is 3.62. The van der Waals surface area contributed by atoms with Crippen molar-refractivity contribution in [2.45, 2.75) is 18.9 Å². The first-order valence-corrected chi connectivity index (χ1v) is 9.32. The van der Waals surface area contributed by atoms with Crippen LogP contribution in [0.1, 0.15) is 11.4 Å². The van der Waals surface area contributed by atoms with Gasteiger partial charge in [0.05, 0.1) is 11.4 Å². The number of aromatic nitrogens is 3. The molecule has 0 aliphatic heterocycles. The highest BCUT2D eigenvalue weighted by atomic mass is 35.5. The van der Waals surface area contributed by atoms with Gasteiger partial charge in [-0.25, -0.2) is 9.97 Å². The van der Waals surface area contributed by atoms with Crippen molar-refractivity contribution in [3.8, 4) is 11.3 Å². The van der Waals surface area contributed by atoms with Crippen LogP contribution < -0.4 is 5.32 Å². The van der Waals surface area contributed by atoms with E-state index in [1.807, 2.05) is 38.1 Å². The van der Waals surface area contributed by atoms with Gasteiger partial charge in [0.1, 0.15) is 10.9 Å². The number of nitrogens with one attached hydrogen (secondary N) is 1. The fourth-order valence-corrected chi connectivity index (χ4v) is 3.25. The van der Waals surface area contributed by atoms with Crippen molar-refractivity contribution in [3.05, 3.63) is 65.2 Å².